The van der Waals surface area contributed by atoms with Gasteiger partial charge in [-0.3, -0.25) is 0 Å². The van der Waals surface area contributed by atoms with Gasteiger partial charge in [-0.2, -0.15) is 0 Å². The standard InChI is InChI=1S/C30H50O/c1-8-21(3)28(4,5)16-13-20(2)25-11-12-26-24-10-9-22-19-23(31)14-17-29(22,6)27(24)15-18-30(25,26)7/h9,20,23-27,31H,3,8,10-19H2,1-2,4-7H3. The summed E-state index contributed by atoms with van der Waals surface area (Å²) in [6.45, 7) is 19.2. The van der Waals surface area contributed by atoms with Crippen LogP contribution in [0, 0.1) is 45.8 Å². The molecule has 1 heteroatoms. The Morgan fingerprint density at radius 1 is 1.16 bits per heavy atom. The lowest BCUT2D eigenvalue weighted by atomic mass is 9.47. The van der Waals surface area contributed by atoms with Crippen LogP contribution in [0.4, 0.5) is 0 Å². The van der Waals surface area contributed by atoms with Crippen LogP contribution >= 0.6 is 0 Å². The van der Waals surface area contributed by atoms with Gasteiger partial charge in [-0.1, -0.05) is 65.3 Å². The first-order chi connectivity index (χ1) is 14.5. The van der Waals surface area contributed by atoms with Crippen molar-refractivity contribution in [3.63, 3.8) is 0 Å². The first-order valence-corrected chi connectivity index (χ1v) is 13.6. The summed E-state index contributed by atoms with van der Waals surface area (Å²) < 4.78 is 0. The number of aliphatic hydroxyl groups is 1. The van der Waals surface area contributed by atoms with Crippen LogP contribution in [0.3, 0.4) is 0 Å². The molecule has 4 rings (SSSR count). The highest BCUT2D eigenvalue weighted by atomic mass is 16.3. The molecule has 1 nitrogen and oxygen atoms in total. The molecule has 1 N–H and O–H groups in total. The maximum Gasteiger partial charge on any atom is 0.0577 e. The number of allylic oxidation sites excluding steroid dienone is 2. The molecular formula is C30H50O. The minimum atomic E-state index is -0.0884. The first-order valence-electron chi connectivity index (χ1n) is 13.6. The van der Waals surface area contributed by atoms with Crippen LogP contribution in [0.25, 0.3) is 0 Å². The maximum absolute atomic E-state index is 10.3. The summed E-state index contributed by atoms with van der Waals surface area (Å²) in [7, 11) is 0. The van der Waals surface area contributed by atoms with Crippen molar-refractivity contribution in [2.75, 3.05) is 0 Å². The van der Waals surface area contributed by atoms with Crippen LogP contribution in [-0.2, 0) is 0 Å². The third-order valence-electron chi connectivity index (χ3n) is 11.4. The van der Waals surface area contributed by atoms with Crippen molar-refractivity contribution in [1.82, 2.24) is 0 Å². The summed E-state index contributed by atoms with van der Waals surface area (Å²) in [6, 6.07) is 0. The molecule has 4 aliphatic carbocycles. The van der Waals surface area contributed by atoms with E-state index in [0.29, 0.717) is 10.8 Å². The predicted octanol–water partition coefficient (Wildman–Crippen LogP) is 8.34. The quantitative estimate of drug-likeness (QED) is 0.423. The van der Waals surface area contributed by atoms with E-state index in [4.69, 9.17) is 0 Å². The Morgan fingerprint density at radius 2 is 1.90 bits per heavy atom. The van der Waals surface area contributed by atoms with Gasteiger partial charge in [0.2, 0.25) is 0 Å². The minimum Gasteiger partial charge on any atom is -0.393 e. The molecule has 0 aromatic rings. The number of rotatable bonds is 6. The summed E-state index contributed by atoms with van der Waals surface area (Å²) in [4.78, 5) is 0. The van der Waals surface area contributed by atoms with Crippen LogP contribution in [0.15, 0.2) is 23.8 Å². The zero-order valence-electron chi connectivity index (χ0n) is 21.5. The van der Waals surface area contributed by atoms with Gasteiger partial charge in [-0.05, 0) is 116 Å². The van der Waals surface area contributed by atoms with Gasteiger partial charge in [0.1, 0.15) is 0 Å². The molecule has 4 aliphatic rings. The van der Waals surface area contributed by atoms with Crippen LogP contribution < -0.4 is 0 Å². The molecule has 0 amide bonds. The Bertz CT molecular complexity index is 716. The molecule has 176 valence electrons. The van der Waals surface area contributed by atoms with Gasteiger partial charge in [0.25, 0.3) is 0 Å². The number of fused-ring (bicyclic) bond motifs is 5. The first kappa shape index (κ1) is 23.6. The highest BCUT2D eigenvalue weighted by molar-refractivity contribution is 5.25. The van der Waals surface area contributed by atoms with Crippen LogP contribution in [0.1, 0.15) is 112 Å². The third kappa shape index (κ3) is 3.89. The molecule has 0 aliphatic heterocycles. The van der Waals surface area contributed by atoms with Gasteiger partial charge in [-0.25, -0.2) is 0 Å². The molecule has 0 spiro atoms. The van der Waals surface area contributed by atoms with Crippen LogP contribution in [-0.4, -0.2) is 11.2 Å². The summed E-state index contributed by atoms with van der Waals surface area (Å²) >= 11 is 0. The summed E-state index contributed by atoms with van der Waals surface area (Å²) in [6.07, 6.45) is 16.5. The topological polar surface area (TPSA) is 20.2 Å². The van der Waals surface area contributed by atoms with Gasteiger partial charge in [0.15, 0.2) is 0 Å². The molecule has 31 heavy (non-hydrogen) atoms. The van der Waals surface area contributed by atoms with E-state index in [1.54, 1.807) is 5.57 Å². The maximum atomic E-state index is 10.3. The fraction of sp³-hybridized carbons (Fsp3) is 0.867. The van der Waals surface area contributed by atoms with Crippen molar-refractivity contribution in [1.29, 1.82) is 0 Å². The molecule has 0 saturated heterocycles. The third-order valence-corrected chi connectivity index (χ3v) is 11.4. The molecule has 0 bridgehead atoms. The van der Waals surface area contributed by atoms with Crippen molar-refractivity contribution in [3.8, 4) is 0 Å². The molecule has 8 unspecified atom stereocenters. The van der Waals surface area contributed by atoms with E-state index in [1.807, 2.05) is 0 Å². The van der Waals surface area contributed by atoms with Gasteiger partial charge < -0.3 is 5.11 Å². The summed E-state index contributed by atoms with van der Waals surface area (Å²) in [5.74, 6) is 4.38. The summed E-state index contributed by atoms with van der Waals surface area (Å²) in [5.41, 5.74) is 4.23. The smallest absolute Gasteiger partial charge is 0.0577 e. The lowest BCUT2D eigenvalue weighted by molar-refractivity contribution is -0.0575. The minimum absolute atomic E-state index is 0.0884. The van der Waals surface area contributed by atoms with Crippen molar-refractivity contribution in [2.45, 2.75) is 118 Å². The van der Waals surface area contributed by atoms with Crippen molar-refractivity contribution >= 4 is 0 Å². The van der Waals surface area contributed by atoms with E-state index in [9.17, 15) is 5.11 Å². The normalized spacial score (nSPS) is 43.5. The Hall–Kier alpha value is -0.560. The van der Waals surface area contributed by atoms with E-state index in [2.05, 4.69) is 54.2 Å². The zero-order chi connectivity index (χ0) is 22.6. The Morgan fingerprint density at radius 3 is 2.61 bits per heavy atom. The molecule has 3 fully saturated rings. The van der Waals surface area contributed by atoms with Crippen molar-refractivity contribution in [3.05, 3.63) is 23.8 Å². The van der Waals surface area contributed by atoms with Crippen LogP contribution in [0.2, 0.25) is 0 Å². The van der Waals surface area contributed by atoms with Crippen molar-refractivity contribution in [2.24, 2.45) is 45.8 Å². The summed E-state index contributed by atoms with van der Waals surface area (Å²) in [5, 5.41) is 10.3. The highest BCUT2D eigenvalue weighted by Crippen LogP contribution is 2.67. The fourth-order valence-electron chi connectivity index (χ4n) is 9.06. The number of hydrogen-bond acceptors (Lipinski definition) is 1. The van der Waals surface area contributed by atoms with Gasteiger partial charge in [-0.15, -0.1) is 0 Å². The molecule has 0 heterocycles. The van der Waals surface area contributed by atoms with E-state index < -0.39 is 0 Å². The van der Waals surface area contributed by atoms with E-state index in [1.165, 1.54) is 56.9 Å². The molecule has 8 atom stereocenters. The Labute approximate surface area is 193 Å². The van der Waals surface area contributed by atoms with E-state index in [0.717, 1.165) is 48.9 Å². The lowest BCUT2D eigenvalue weighted by Gasteiger charge is -2.58. The number of aliphatic hydroxyl groups excluding tert-OH is 1. The number of hydrogen-bond donors (Lipinski definition) is 1. The molecule has 0 aromatic carbocycles. The van der Waals surface area contributed by atoms with Gasteiger partial charge >= 0.3 is 0 Å². The van der Waals surface area contributed by atoms with Gasteiger partial charge in [0, 0.05) is 0 Å². The largest absolute Gasteiger partial charge is 0.393 e. The Balaban J connectivity index is 1.48. The van der Waals surface area contributed by atoms with E-state index >= 15 is 0 Å². The fourth-order valence-corrected chi connectivity index (χ4v) is 9.06. The predicted molar refractivity (Wildman–Crippen MR) is 133 cm³/mol. The lowest BCUT2D eigenvalue weighted by Crippen LogP contribution is -2.50. The van der Waals surface area contributed by atoms with Crippen molar-refractivity contribution < 1.29 is 5.11 Å². The van der Waals surface area contributed by atoms with E-state index in [-0.39, 0.29) is 11.5 Å². The second-order valence-electron chi connectivity index (χ2n) is 13.2. The zero-order valence-corrected chi connectivity index (χ0v) is 21.5. The highest BCUT2D eigenvalue weighted by Gasteiger charge is 2.59. The average molecular weight is 427 g/mol. The molecule has 3 saturated carbocycles. The van der Waals surface area contributed by atoms with Crippen LogP contribution in [0.5, 0.6) is 0 Å². The molecule has 0 radical (unpaired) electrons. The molecule has 0 aromatic heterocycles. The second kappa shape index (κ2) is 8.34. The SMILES string of the molecule is C=C(CC)C(C)(C)CCC(C)C1CCC2C3CC=C4CC(O)CCC4(C)C3CCC12C. The monoisotopic (exact) mass is 426 g/mol. The molecular weight excluding hydrogens is 376 g/mol. The average Bonchev–Trinajstić information content (AvgIpc) is 3.09. The second-order valence-corrected chi connectivity index (χ2v) is 13.2. The van der Waals surface area contributed by atoms with Gasteiger partial charge in [0.05, 0.1) is 6.10 Å². The Kier molecular flexibility index (Phi) is 6.35.